The summed E-state index contributed by atoms with van der Waals surface area (Å²) in [6.07, 6.45) is 0.376. The molecule has 2 saturated carbocycles. The van der Waals surface area contributed by atoms with E-state index in [0.29, 0.717) is 12.0 Å². The first-order valence-electron chi connectivity index (χ1n) is 18.7. The zero-order valence-electron chi connectivity index (χ0n) is 33.6. The number of Topliss-reactive ketones (excluding diaryl/α,β-unsaturated/α-hetero) is 5. The lowest BCUT2D eigenvalue weighted by atomic mass is 9.39. The van der Waals surface area contributed by atoms with Crippen LogP contribution in [0.15, 0.2) is 6.07 Å². The van der Waals surface area contributed by atoms with Crippen molar-refractivity contribution in [2.75, 3.05) is 6.79 Å². The second kappa shape index (κ2) is 13.8. The Kier molecular flexibility index (Phi) is 11.0. The van der Waals surface area contributed by atoms with Crippen molar-refractivity contribution in [2.45, 2.75) is 127 Å². The van der Waals surface area contributed by atoms with Crippen LogP contribution in [-0.4, -0.2) is 63.5 Å². The fourth-order valence-electron chi connectivity index (χ4n) is 9.68. The van der Waals surface area contributed by atoms with E-state index in [1.54, 1.807) is 54.5 Å². The molecule has 7 atom stereocenters. The SMILES string of the molecule is CC(=O)C1C(=O)C(C(C)C)[C@@]2(C)C[C@@]3(C)Cc4c(C(C)C)cc(CC(CC(C)(C)C)C(=O)OCOC(=O)C(C)(C)C)c(O)c4C(=O)C3C(=O)[C@@]2(O)C1=O. The summed E-state index contributed by atoms with van der Waals surface area (Å²) in [6, 6.07) is 1.78. The van der Waals surface area contributed by atoms with E-state index in [1.165, 1.54) is 0 Å². The summed E-state index contributed by atoms with van der Waals surface area (Å²) >= 11 is 0. The highest BCUT2D eigenvalue weighted by atomic mass is 16.7. The van der Waals surface area contributed by atoms with Crippen molar-refractivity contribution in [2.24, 2.45) is 51.2 Å². The number of esters is 2. The molecule has 53 heavy (non-hydrogen) atoms. The minimum absolute atomic E-state index is 0.0374. The van der Waals surface area contributed by atoms with Gasteiger partial charge < -0.3 is 19.7 Å². The average Bonchev–Trinajstić information content (AvgIpc) is 2.98. The van der Waals surface area contributed by atoms with Crippen molar-refractivity contribution in [3.8, 4) is 5.75 Å². The number of aromatic hydroxyl groups is 1. The van der Waals surface area contributed by atoms with Crippen molar-refractivity contribution >= 4 is 40.9 Å². The number of ether oxygens (including phenoxy) is 2. The normalized spacial score (nSPS) is 29.4. The van der Waals surface area contributed by atoms with Crippen LogP contribution in [0.25, 0.3) is 0 Å². The Morgan fingerprint density at radius 2 is 1.53 bits per heavy atom. The molecular formula is C42H58O11. The summed E-state index contributed by atoms with van der Waals surface area (Å²) in [5, 5.41) is 24.3. The van der Waals surface area contributed by atoms with Gasteiger partial charge in [0.05, 0.1) is 22.8 Å². The van der Waals surface area contributed by atoms with Crippen LogP contribution >= 0.6 is 0 Å². The number of phenols is 1. The Bertz CT molecular complexity index is 1750. The molecule has 0 aliphatic heterocycles. The maximum Gasteiger partial charge on any atom is 0.314 e. The molecule has 1 aromatic carbocycles. The number of hydrogen-bond acceptors (Lipinski definition) is 11. The van der Waals surface area contributed by atoms with E-state index in [1.807, 2.05) is 34.6 Å². The van der Waals surface area contributed by atoms with Crippen LogP contribution in [0.1, 0.15) is 136 Å². The van der Waals surface area contributed by atoms with Gasteiger partial charge in [-0.2, -0.15) is 0 Å². The lowest BCUT2D eigenvalue weighted by Gasteiger charge is -2.62. The van der Waals surface area contributed by atoms with E-state index in [4.69, 9.17) is 9.47 Å². The second-order valence-corrected chi connectivity index (χ2v) is 19.2. The number of phenolic OH excluding ortho intramolecular Hbond substituents is 1. The molecule has 2 N–H and O–H groups in total. The first kappa shape index (κ1) is 42.0. The van der Waals surface area contributed by atoms with Crippen LogP contribution in [0.5, 0.6) is 5.75 Å². The first-order chi connectivity index (χ1) is 24.0. The molecule has 11 nitrogen and oxygen atoms in total. The first-order valence-corrected chi connectivity index (χ1v) is 18.7. The molecule has 0 spiro atoms. The Morgan fingerprint density at radius 1 is 0.943 bits per heavy atom. The Hall–Kier alpha value is -3.73. The molecule has 0 amide bonds. The molecule has 11 heteroatoms. The molecule has 0 saturated heterocycles. The molecule has 292 valence electrons. The fraction of sp³-hybridized carbons (Fsp3) is 0.690. The average molecular weight is 739 g/mol. The number of fused-ring (bicyclic) bond motifs is 3. The molecule has 2 fully saturated rings. The fourth-order valence-corrected chi connectivity index (χ4v) is 9.68. The number of hydrogen-bond donors (Lipinski definition) is 2. The third-order valence-corrected chi connectivity index (χ3v) is 11.8. The topological polar surface area (TPSA) is 178 Å². The van der Waals surface area contributed by atoms with E-state index in [2.05, 4.69) is 0 Å². The van der Waals surface area contributed by atoms with Gasteiger partial charge in [0, 0.05) is 11.3 Å². The minimum atomic E-state index is -2.80. The number of carbonyl (C=O) groups is 7. The quantitative estimate of drug-likeness (QED) is 0.175. The predicted molar refractivity (Wildman–Crippen MR) is 195 cm³/mol. The van der Waals surface area contributed by atoms with Gasteiger partial charge in [0.1, 0.15) is 17.5 Å². The lowest BCUT2D eigenvalue weighted by molar-refractivity contribution is -0.205. The largest absolute Gasteiger partial charge is 0.507 e. The summed E-state index contributed by atoms with van der Waals surface area (Å²) in [5.74, 6) is -11.8. The highest BCUT2D eigenvalue weighted by Crippen LogP contribution is 2.64. The van der Waals surface area contributed by atoms with Gasteiger partial charge in [0.2, 0.25) is 6.79 Å². The summed E-state index contributed by atoms with van der Waals surface area (Å²) < 4.78 is 10.5. The van der Waals surface area contributed by atoms with Gasteiger partial charge in [0.25, 0.3) is 0 Å². The standard InChI is InChI=1S/C42H58O11/c1-20(2)25-15-23(14-24(16-38(6,7)8)36(49)52-19-53-37(50)39(9,10)11)31(44)28-26(25)17-40(12)18-41(13)29(21(3)4)32(45)27(22(5)43)34(47)42(41,51)35(48)30(40)33(28)46/h15,20-21,24,27,29-30,44,51H,14,16-19H2,1-13H3/t24?,27?,29?,30?,40-,41-,42+/m1/s1. The van der Waals surface area contributed by atoms with Crippen LogP contribution < -0.4 is 0 Å². The van der Waals surface area contributed by atoms with Gasteiger partial charge in [-0.3, -0.25) is 33.6 Å². The molecule has 0 radical (unpaired) electrons. The van der Waals surface area contributed by atoms with Crippen molar-refractivity contribution < 1.29 is 53.2 Å². The molecular weight excluding hydrogens is 680 g/mol. The molecule has 3 aliphatic rings. The number of rotatable bonds is 9. The lowest BCUT2D eigenvalue weighted by Crippen LogP contribution is -2.76. The van der Waals surface area contributed by atoms with E-state index in [9.17, 15) is 43.8 Å². The smallest absolute Gasteiger partial charge is 0.314 e. The van der Waals surface area contributed by atoms with Crippen molar-refractivity contribution in [3.05, 3.63) is 28.3 Å². The van der Waals surface area contributed by atoms with Gasteiger partial charge in [0.15, 0.2) is 28.7 Å². The monoisotopic (exact) mass is 738 g/mol. The van der Waals surface area contributed by atoms with Gasteiger partial charge in [-0.15, -0.1) is 0 Å². The third-order valence-electron chi connectivity index (χ3n) is 11.8. The van der Waals surface area contributed by atoms with Gasteiger partial charge in [-0.05, 0) is 92.7 Å². The van der Waals surface area contributed by atoms with Crippen LogP contribution in [0.3, 0.4) is 0 Å². The molecule has 0 aromatic heterocycles. The number of carbonyl (C=O) groups excluding carboxylic acids is 7. The zero-order chi connectivity index (χ0) is 40.5. The van der Waals surface area contributed by atoms with Crippen molar-refractivity contribution in [1.82, 2.24) is 0 Å². The maximum absolute atomic E-state index is 14.8. The highest BCUT2D eigenvalue weighted by Gasteiger charge is 2.76. The van der Waals surface area contributed by atoms with E-state index >= 15 is 0 Å². The molecule has 0 heterocycles. The van der Waals surface area contributed by atoms with E-state index in [-0.39, 0.29) is 41.7 Å². The van der Waals surface area contributed by atoms with E-state index in [0.717, 1.165) is 12.5 Å². The van der Waals surface area contributed by atoms with Crippen LogP contribution in [0.2, 0.25) is 0 Å². The van der Waals surface area contributed by atoms with Crippen LogP contribution in [0.4, 0.5) is 0 Å². The van der Waals surface area contributed by atoms with Gasteiger partial charge in [-0.1, -0.05) is 68.4 Å². The van der Waals surface area contributed by atoms with Crippen molar-refractivity contribution in [1.29, 1.82) is 0 Å². The second-order valence-electron chi connectivity index (χ2n) is 19.2. The predicted octanol–water partition coefficient (Wildman–Crippen LogP) is 5.90. The van der Waals surface area contributed by atoms with Gasteiger partial charge in [-0.25, -0.2) is 0 Å². The molecule has 4 unspecified atom stereocenters. The maximum atomic E-state index is 14.8. The molecule has 3 aliphatic carbocycles. The molecule has 1 aromatic rings. The summed E-state index contributed by atoms with van der Waals surface area (Å²) in [7, 11) is 0. The van der Waals surface area contributed by atoms with E-state index < -0.39 is 105 Å². The number of aliphatic hydroxyl groups is 1. The number of ketones is 5. The van der Waals surface area contributed by atoms with Crippen LogP contribution in [-0.2, 0) is 51.1 Å². The summed E-state index contributed by atoms with van der Waals surface area (Å²) in [6.45, 7) is 22.0. The third kappa shape index (κ3) is 7.03. The van der Waals surface area contributed by atoms with Crippen LogP contribution in [0, 0.1) is 51.2 Å². The van der Waals surface area contributed by atoms with Crippen molar-refractivity contribution in [3.63, 3.8) is 0 Å². The Balaban J connectivity index is 1.84. The Labute approximate surface area is 312 Å². The number of benzene rings is 1. The summed E-state index contributed by atoms with van der Waals surface area (Å²) in [4.78, 5) is 95.9. The zero-order valence-corrected chi connectivity index (χ0v) is 33.6. The molecule has 0 bridgehead atoms. The highest BCUT2D eigenvalue weighted by molar-refractivity contribution is 6.32. The summed E-state index contributed by atoms with van der Waals surface area (Å²) in [5.41, 5.74) is -5.28. The minimum Gasteiger partial charge on any atom is -0.507 e. The Morgan fingerprint density at radius 3 is 2.02 bits per heavy atom. The van der Waals surface area contributed by atoms with Gasteiger partial charge >= 0.3 is 11.9 Å². The molecule has 4 rings (SSSR count).